The molecule has 4 heteroatoms. The third-order valence-corrected chi connectivity index (χ3v) is 4.28. The quantitative estimate of drug-likeness (QED) is 0.739. The summed E-state index contributed by atoms with van der Waals surface area (Å²) in [6.45, 7) is 3.90. The molecule has 2 aromatic carbocycles. The van der Waals surface area contributed by atoms with Crippen molar-refractivity contribution in [1.29, 1.82) is 0 Å². The lowest BCUT2D eigenvalue weighted by molar-refractivity contribution is 0.430. The van der Waals surface area contributed by atoms with E-state index < -0.39 is 0 Å². The van der Waals surface area contributed by atoms with Gasteiger partial charge in [-0.05, 0) is 12.1 Å². The molecule has 1 saturated heterocycles. The molecule has 1 aromatic heterocycles. The van der Waals surface area contributed by atoms with E-state index in [4.69, 9.17) is 4.52 Å². The van der Waals surface area contributed by atoms with E-state index in [1.165, 1.54) is 5.69 Å². The fraction of sp³-hybridized carbons (Fsp3) is 0.211. The summed E-state index contributed by atoms with van der Waals surface area (Å²) in [4.78, 5) is 4.70. The Morgan fingerprint density at radius 3 is 2.04 bits per heavy atom. The van der Waals surface area contributed by atoms with Crippen molar-refractivity contribution in [3.63, 3.8) is 0 Å². The maximum Gasteiger partial charge on any atom is 0.172 e. The molecule has 0 radical (unpaired) electrons. The first-order valence-electron chi connectivity index (χ1n) is 7.97. The van der Waals surface area contributed by atoms with E-state index in [-0.39, 0.29) is 0 Å². The van der Waals surface area contributed by atoms with Gasteiger partial charge in [-0.2, -0.15) is 0 Å². The first kappa shape index (κ1) is 13.9. The van der Waals surface area contributed by atoms with Gasteiger partial charge in [0.05, 0.1) is 0 Å². The predicted molar refractivity (Wildman–Crippen MR) is 92.8 cm³/mol. The van der Waals surface area contributed by atoms with Gasteiger partial charge in [0.2, 0.25) is 0 Å². The van der Waals surface area contributed by atoms with Crippen molar-refractivity contribution < 1.29 is 4.52 Å². The summed E-state index contributed by atoms with van der Waals surface area (Å²) in [5.41, 5.74) is 2.35. The van der Waals surface area contributed by atoms with Crippen LogP contribution in [-0.4, -0.2) is 31.3 Å². The standard InChI is InChI=1S/C19H19N3O/c1-3-7-16(8-4-1)18-15-19(20-23-18)22-13-11-21(12-14-22)17-9-5-2-6-10-17/h1-10,15H,11-14H2. The third kappa shape index (κ3) is 2.93. The fourth-order valence-corrected chi connectivity index (χ4v) is 2.99. The van der Waals surface area contributed by atoms with Crippen molar-refractivity contribution in [2.45, 2.75) is 0 Å². The summed E-state index contributed by atoms with van der Waals surface area (Å²) in [6, 6.07) is 22.7. The summed E-state index contributed by atoms with van der Waals surface area (Å²) in [7, 11) is 0. The smallest absolute Gasteiger partial charge is 0.172 e. The largest absolute Gasteiger partial charge is 0.368 e. The van der Waals surface area contributed by atoms with Crippen molar-refractivity contribution in [2.24, 2.45) is 0 Å². The molecule has 0 aliphatic carbocycles. The van der Waals surface area contributed by atoms with Gasteiger partial charge in [0.1, 0.15) is 0 Å². The van der Waals surface area contributed by atoms with Crippen LogP contribution in [0.25, 0.3) is 11.3 Å². The Morgan fingerprint density at radius 2 is 1.35 bits per heavy atom. The van der Waals surface area contributed by atoms with Gasteiger partial charge in [0, 0.05) is 43.5 Å². The van der Waals surface area contributed by atoms with E-state index in [9.17, 15) is 0 Å². The minimum atomic E-state index is 0.825. The Balaban J connectivity index is 1.44. The molecule has 23 heavy (non-hydrogen) atoms. The van der Waals surface area contributed by atoms with Crippen LogP contribution in [0.4, 0.5) is 11.5 Å². The summed E-state index contributed by atoms with van der Waals surface area (Å²) >= 11 is 0. The number of hydrogen-bond donors (Lipinski definition) is 0. The third-order valence-electron chi connectivity index (χ3n) is 4.28. The fourth-order valence-electron chi connectivity index (χ4n) is 2.99. The Bertz CT molecular complexity index is 747. The summed E-state index contributed by atoms with van der Waals surface area (Å²) in [5.74, 6) is 1.75. The first-order valence-corrected chi connectivity index (χ1v) is 7.97. The van der Waals surface area contributed by atoms with Gasteiger partial charge in [0.15, 0.2) is 11.6 Å². The number of rotatable bonds is 3. The van der Waals surface area contributed by atoms with Gasteiger partial charge >= 0.3 is 0 Å². The van der Waals surface area contributed by atoms with Gasteiger partial charge in [-0.1, -0.05) is 53.7 Å². The average molecular weight is 305 g/mol. The second-order valence-electron chi connectivity index (χ2n) is 5.73. The Morgan fingerprint density at radius 1 is 0.739 bits per heavy atom. The van der Waals surface area contributed by atoms with E-state index >= 15 is 0 Å². The van der Waals surface area contributed by atoms with Gasteiger partial charge < -0.3 is 14.3 Å². The molecule has 4 nitrogen and oxygen atoms in total. The highest BCUT2D eigenvalue weighted by Gasteiger charge is 2.20. The Labute approximate surface area is 135 Å². The van der Waals surface area contributed by atoms with Crippen LogP contribution in [0.3, 0.4) is 0 Å². The van der Waals surface area contributed by atoms with Crippen LogP contribution in [0.2, 0.25) is 0 Å². The van der Waals surface area contributed by atoms with Crippen LogP contribution in [-0.2, 0) is 0 Å². The zero-order valence-electron chi connectivity index (χ0n) is 12.9. The molecule has 0 unspecified atom stereocenters. The van der Waals surface area contributed by atoms with Crippen LogP contribution in [0.1, 0.15) is 0 Å². The average Bonchev–Trinajstić information content (AvgIpc) is 3.14. The van der Waals surface area contributed by atoms with Crippen LogP contribution < -0.4 is 9.80 Å². The lowest BCUT2D eigenvalue weighted by Crippen LogP contribution is -2.46. The molecule has 0 spiro atoms. The minimum absolute atomic E-state index is 0.825. The number of piperazine rings is 1. The zero-order chi connectivity index (χ0) is 15.5. The van der Waals surface area contributed by atoms with Gasteiger partial charge in [-0.25, -0.2) is 0 Å². The summed E-state index contributed by atoms with van der Waals surface area (Å²) in [5, 5.41) is 4.25. The van der Waals surface area contributed by atoms with Crippen molar-refractivity contribution >= 4 is 11.5 Å². The number of benzene rings is 2. The van der Waals surface area contributed by atoms with E-state index in [0.29, 0.717) is 0 Å². The highest BCUT2D eigenvalue weighted by atomic mass is 16.5. The van der Waals surface area contributed by atoms with Crippen molar-refractivity contribution in [3.8, 4) is 11.3 Å². The molecule has 1 aliphatic rings. The SMILES string of the molecule is c1ccc(-c2cc(N3CCN(c4ccccc4)CC3)no2)cc1. The molecule has 0 N–H and O–H groups in total. The minimum Gasteiger partial charge on any atom is -0.368 e. The molecule has 1 fully saturated rings. The summed E-state index contributed by atoms with van der Waals surface area (Å²) in [6.07, 6.45) is 0. The Kier molecular flexibility index (Phi) is 3.72. The second-order valence-corrected chi connectivity index (χ2v) is 5.73. The molecule has 4 rings (SSSR count). The molecule has 0 bridgehead atoms. The summed E-state index contributed by atoms with van der Waals surface area (Å²) < 4.78 is 5.51. The molecule has 1 aliphatic heterocycles. The lowest BCUT2D eigenvalue weighted by Gasteiger charge is -2.35. The topological polar surface area (TPSA) is 32.5 Å². The molecule has 2 heterocycles. The van der Waals surface area contributed by atoms with Gasteiger partial charge in [-0.3, -0.25) is 0 Å². The molecule has 0 atom stereocenters. The van der Waals surface area contributed by atoms with Crippen LogP contribution >= 0.6 is 0 Å². The number of nitrogens with zero attached hydrogens (tertiary/aromatic N) is 3. The van der Waals surface area contributed by atoms with E-state index in [0.717, 1.165) is 43.3 Å². The van der Waals surface area contributed by atoms with Crippen molar-refractivity contribution in [2.75, 3.05) is 36.0 Å². The molecule has 0 amide bonds. The highest BCUT2D eigenvalue weighted by molar-refractivity contribution is 5.61. The number of hydrogen-bond acceptors (Lipinski definition) is 4. The van der Waals surface area contributed by atoms with Gasteiger partial charge in [-0.15, -0.1) is 0 Å². The maximum absolute atomic E-state index is 5.51. The van der Waals surface area contributed by atoms with E-state index in [1.54, 1.807) is 0 Å². The monoisotopic (exact) mass is 305 g/mol. The molecule has 3 aromatic rings. The van der Waals surface area contributed by atoms with Crippen molar-refractivity contribution in [3.05, 3.63) is 66.7 Å². The van der Waals surface area contributed by atoms with Gasteiger partial charge in [0.25, 0.3) is 0 Å². The van der Waals surface area contributed by atoms with E-state index in [1.807, 2.05) is 36.4 Å². The number of anilines is 2. The maximum atomic E-state index is 5.51. The second kappa shape index (κ2) is 6.16. The lowest BCUT2D eigenvalue weighted by atomic mass is 10.2. The predicted octanol–water partition coefficient (Wildman–Crippen LogP) is 3.67. The molecule has 0 saturated carbocycles. The molecule has 116 valence electrons. The number of aromatic nitrogens is 1. The normalized spacial score (nSPS) is 15.0. The molecular weight excluding hydrogens is 286 g/mol. The number of para-hydroxylation sites is 1. The van der Waals surface area contributed by atoms with Crippen molar-refractivity contribution in [1.82, 2.24) is 5.16 Å². The zero-order valence-corrected chi connectivity index (χ0v) is 12.9. The van der Waals surface area contributed by atoms with E-state index in [2.05, 4.69) is 45.3 Å². The first-order chi connectivity index (χ1) is 11.4. The van der Waals surface area contributed by atoms with Crippen LogP contribution in [0, 0.1) is 0 Å². The van der Waals surface area contributed by atoms with Crippen LogP contribution in [0.5, 0.6) is 0 Å². The highest BCUT2D eigenvalue weighted by Crippen LogP contribution is 2.25. The Hall–Kier alpha value is -2.75. The molecular formula is C19H19N3O. The van der Waals surface area contributed by atoms with Crippen LogP contribution in [0.15, 0.2) is 71.3 Å².